The molecule has 134 valence electrons. The van der Waals surface area contributed by atoms with Gasteiger partial charge in [-0.05, 0) is 37.4 Å². The molecule has 0 radical (unpaired) electrons. The van der Waals surface area contributed by atoms with Crippen molar-refractivity contribution in [1.82, 2.24) is 15.5 Å². The van der Waals surface area contributed by atoms with E-state index in [1.807, 2.05) is 6.07 Å². The van der Waals surface area contributed by atoms with E-state index in [0.717, 1.165) is 19.0 Å². The van der Waals surface area contributed by atoms with E-state index in [9.17, 15) is 4.79 Å². The maximum Gasteiger partial charge on any atom is 0.234 e. The minimum absolute atomic E-state index is 0.0393. The van der Waals surface area contributed by atoms with Gasteiger partial charge in [0.2, 0.25) is 5.91 Å². The number of likely N-dealkylation sites (tertiary alicyclic amines) is 1. The van der Waals surface area contributed by atoms with Gasteiger partial charge in [-0.25, -0.2) is 0 Å². The first-order valence-electron chi connectivity index (χ1n) is 8.96. The van der Waals surface area contributed by atoms with Crippen molar-refractivity contribution >= 4 is 5.91 Å². The van der Waals surface area contributed by atoms with Crippen molar-refractivity contribution in [2.45, 2.75) is 25.8 Å². The number of piperidine rings is 1. The number of carbonyl (C=O) groups excluding carboxylic acids is 1. The third-order valence-corrected chi connectivity index (χ3v) is 4.70. The van der Waals surface area contributed by atoms with Crippen LogP contribution in [0.25, 0.3) is 0 Å². The molecular weight excluding hydrogens is 302 g/mol. The fourth-order valence-corrected chi connectivity index (χ4v) is 3.12. The lowest BCUT2D eigenvalue weighted by atomic mass is 9.95. The van der Waals surface area contributed by atoms with Crippen molar-refractivity contribution < 1.29 is 9.53 Å². The number of nitrogens with zero attached hydrogens (tertiary/aromatic N) is 1. The summed E-state index contributed by atoms with van der Waals surface area (Å²) in [6.45, 7) is 6.82. The van der Waals surface area contributed by atoms with Gasteiger partial charge in [-0.1, -0.05) is 37.3 Å². The highest BCUT2D eigenvalue weighted by Gasteiger charge is 2.24. The molecule has 1 aliphatic rings. The largest absolute Gasteiger partial charge is 0.383 e. The molecule has 2 N–H and O–H groups in total. The molecule has 24 heavy (non-hydrogen) atoms. The molecule has 1 saturated heterocycles. The van der Waals surface area contributed by atoms with Crippen LogP contribution in [0, 0.1) is 5.92 Å². The summed E-state index contributed by atoms with van der Waals surface area (Å²) in [5, 5.41) is 6.17. The summed E-state index contributed by atoms with van der Waals surface area (Å²) in [6.07, 6.45) is 2.46. The van der Waals surface area contributed by atoms with Crippen LogP contribution in [0.3, 0.4) is 0 Å². The van der Waals surface area contributed by atoms with Gasteiger partial charge in [0.15, 0.2) is 0 Å². The van der Waals surface area contributed by atoms with Crippen molar-refractivity contribution in [2.24, 2.45) is 5.92 Å². The molecule has 5 heteroatoms. The van der Waals surface area contributed by atoms with E-state index in [1.54, 1.807) is 7.11 Å². The maximum atomic E-state index is 12.0. The van der Waals surface area contributed by atoms with Gasteiger partial charge in [-0.15, -0.1) is 0 Å². The van der Waals surface area contributed by atoms with Gasteiger partial charge in [0.1, 0.15) is 0 Å². The molecule has 1 aromatic rings. The third-order valence-electron chi connectivity index (χ3n) is 4.70. The van der Waals surface area contributed by atoms with Gasteiger partial charge in [-0.2, -0.15) is 0 Å². The minimum atomic E-state index is 0.0393. The maximum absolute atomic E-state index is 12.0. The second-order valence-corrected chi connectivity index (χ2v) is 6.62. The lowest BCUT2D eigenvalue weighted by Gasteiger charge is -2.37. The van der Waals surface area contributed by atoms with Crippen LogP contribution >= 0.6 is 0 Å². The highest BCUT2D eigenvalue weighted by atomic mass is 16.5. The van der Waals surface area contributed by atoms with E-state index in [4.69, 9.17) is 4.74 Å². The number of methoxy groups -OCH3 is 1. The normalized spacial score (nSPS) is 17.6. The van der Waals surface area contributed by atoms with Gasteiger partial charge >= 0.3 is 0 Å². The third kappa shape index (κ3) is 6.23. The fraction of sp³-hybridized carbons (Fsp3) is 0.632. The van der Waals surface area contributed by atoms with Gasteiger partial charge in [0.25, 0.3) is 0 Å². The lowest BCUT2D eigenvalue weighted by molar-refractivity contribution is -0.120. The summed E-state index contributed by atoms with van der Waals surface area (Å²) in [4.78, 5) is 14.6. The quantitative estimate of drug-likeness (QED) is 0.677. The van der Waals surface area contributed by atoms with Crippen LogP contribution in [0.15, 0.2) is 30.3 Å². The van der Waals surface area contributed by atoms with Gasteiger partial charge in [0.05, 0.1) is 19.2 Å². The Morgan fingerprint density at radius 3 is 2.67 bits per heavy atom. The van der Waals surface area contributed by atoms with Crippen molar-refractivity contribution in [1.29, 1.82) is 0 Å². The Labute approximate surface area is 145 Å². The molecule has 0 bridgehead atoms. The molecule has 1 aliphatic heterocycles. The molecular formula is C19H31N3O2. The van der Waals surface area contributed by atoms with E-state index >= 15 is 0 Å². The molecule has 1 unspecified atom stereocenters. The zero-order valence-electron chi connectivity index (χ0n) is 15.0. The second-order valence-electron chi connectivity index (χ2n) is 6.62. The summed E-state index contributed by atoms with van der Waals surface area (Å²) in [5.41, 5.74) is 1.28. The standard InChI is InChI=1S/C19H31N3O2/c1-16-8-11-22(12-9-16)18(17-6-4-3-5-7-17)14-21-19(23)15-20-10-13-24-2/h3-7,16,18,20H,8-15H2,1-2H3,(H,21,23). The molecule has 0 spiro atoms. The molecule has 0 aromatic heterocycles. The molecule has 1 amide bonds. The topological polar surface area (TPSA) is 53.6 Å². The first kappa shape index (κ1) is 18.9. The molecule has 1 aromatic carbocycles. The van der Waals surface area contributed by atoms with Crippen molar-refractivity contribution in [3.05, 3.63) is 35.9 Å². The zero-order chi connectivity index (χ0) is 17.2. The Morgan fingerprint density at radius 1 is 1.29 bits per heavy atom. The molecule has 1 fully saturated rings. The van der Waals surface area contributed by atoms with Crippen LogP contribution in [0.1, 0.15) is 31.4 Å². The number of nitrogens with one attached hydrogen (secondary N) is 2. The van der Waals surface area contributed by atoms with Crippen molar-refractivity contribution in [2.75, 3.05) is 46.4 Å². The van der Waals surface area contributed by atoms with Crippen LogP contribution in [-0.2, 0) is 9.53 Å². The number of amides is 1. The molecule has 1 atom stereocenters. The Kier molecular flexibility index (Phi) is 8.22. The van der Waals surface area contributed by atoms with Crippen LogP contribution in [0.4, 0.5) is 0 Å². The van der Waals surface area contributed by atoms with Gasteiger partial charge < -0.3 is 15.4 Å². The summed E-state index contributed by atoms with van der Waals surface area (Å²) in [7, 11) is 1.66. The number of rotatable bonds is 9. The van der Waals surface area contributed by atoms with Crippen LogP contribution in [-0.4, -0.2) is 57.2 Å². The summed E-state index contributed by atoms with van der Waals surface area (Å²) < 4.78 is 4.97. The first-order valence-corrected chi connectivity index (χ1v) is 8.96. The minimum Gasteiger partial charge on any atom is -0.383 e. The molecule has 2 rings (SSSR count). The number of benzene rings is 1. The highest BCUT2D eigenvalue weighted by Crippen LogP contribution is 2.26. The Balaban J connectivity index is 1.88. The van der Waals surface area contributed by atoms with E-state index in [1.165, 1.54) is 18.4 Å². The predicted octanol–water partition coefficient (Wildman–Crippen LogP) is 1.81. The van der Waals surface area contributed by atoms with Gasteiger partial charge in [-0.3, -0.25) is 9.69 Å². The van der Waals surface area contributed by atoms with Crippen LogP contribution in [0.5, 0.6) is 0 Å². The smallest absolute Gasteiger partial charge is 0.234 e. The van der Waals surface area contributed by atoms with Crippen LogP contribution < -0.4 is 10.6 Å². The Morgan fingerprint density at radius 2 is 2.00 bits per heavy atom. The van der Waals surface area contributed by atoms with E-state index in [-0.39, 0.29) is 11.9 Å². The monoisotopic (exact) mass is 333 g/mol. The molecule has 0 aliphatic carbocycles. The summed E-state index contributed by atoms with van der Waals surface area (Å²) in [6, 6.07) is 10.8. The van der Waals surface area contributed by atoms with Crippen molar-refractivity contribution in [3.63, 3.8) is 0 Å². The van der Waals surface area contributed by atoms with E-state index in [2.05, 4.69) is 46.7 Å². The molecule has 5 nitrogen and oxygen atoms in total. The number of hydrogen-bond acceptors (Lipinski definition) is 4. The average Bonchev–Trinajstić information content (AvgIpc) is 2.61. The summed E-state index contributed by atoms with van der Waals surface area (Å²) in [5.74, 6) is 0.842. The average molecular weight is 333 g/mol. The van der Waals surface area contributed by atoms with Gasteiger partial charge in [0, 0.05) is 20.2 Å². The first-order chi connectivity index (χ1) is 11.7. The second kappa shape index (κ2) is 10.4. The number of hydrogen-bond donors (Lipinski definition) is 2. The molecule has 1 heterocycles. The lowest BCUT2D eigenvalue weighted by Crippen LogP contribution is -2.43. The SMILES string of the molecule is COCCNCC(=O)NCC(c1ccccc1)N1CCC(C)CC1. The highest BCUT2D eigenvalue weighted by molar-refractivity contribution is 5.78. The van der Waals surface area contributed by atoms with Crippen LogP contribution in [0.2, 0.25) is 0 Å². The zero-order valence-corrected chi connectivity index (χ0v) is 15.0. The van der Waals surface area contributed by atoms with E-state index in [0.29, 0.717) is 26.2 Å². The Bertz CT molecular complexity index is 473. The predicted molar refractivity (Wildman–Crippen MR) is 96.9 cm³/mol. The summed E-state index contributed by atoms with van der Waals surface area (Å²) >= 11 is 0. The number of carbonyl (C=O) groups is 1. The Hall–Kier alpha value is -1.43. The fourth-order valence-electron chi connectivity index (χ4n) is 3.12. The van der Waals surface area contributed by atoms with Crippen molar-refractivity contribution in [3.8, 4) is 0 Å². The molecule has 0 saturated carbocycles. The number of ether oxygens (including phenoxy) is 1. The van der Waals surface area contributed by atoms with E-state index < -0.39 is 0 Å².